The lowest BCUT2D eigenvalue weighted by Crippen LogP contribution is -2.30. The van der Waals surface area contributed by atoms with Gasteiger partial charge in [-0.25, -0.2) is 0 Å². The van der Waals surface area contributed by atoms with Gasteiger partial charge in [-0.1, -0.05) is 61.2 Å². The van der Waals surface area contributed by atoms with Crippen molar-refractivity contribution >= 4 is 46.0 Å². The Bertz CT molecular complexity index is 1430. The number of hydrogen-bond donors (Lipinski definition) is 2. The molecule has 7 nitrogen and oxygen atoms in total. The molecule has 0 saturated carbocycles. The van der Waals surface area contributed by atoms with Crippen molar-refractivity contribution in [3.8, 4) is 0 Å². The first kappa shape index (κ1) is 22.7. The van der Waals surface area contributed by atoms with Gasteiger partial charge >= 0.3 is 0 Å². The lowest BCUT2D eigenvalue weighted by Gasteiger charge is -2.12. The number of carbonyl (C=O) groups is 1. The number of nitro groups is 1. The Morgan fingerprint density at radius 3 is 2.49 bits per heavy atom. The maximum atomic E-state index is 12.7. The number of thioether (sulfide) groups is 1. The first-order chi connectivity index (χ1) is 17.0. The van der Waals surface area contributed by atoms with Crippen LogP contribution in [0.5, 0.6) is 0 Å². The first-order valence-electron chi connectivity index (χ1n) is 11.4. The average molecular weight is 485 g/mol. The second-order valence-electron chi connectivity index (χ2n) is 8.33. The summed E-state index contributed by atoms with van der Waals surface area (Å²) in [5, 5.41) is 18.3. The smallest absolute Gasteiger partial charge is 0.269 e. The third-order valence-electron chi connectivity index (χ3n) is 6.00. The number of fused-ring (bicyclic) bond motifs is 1. The number of aryl methyl sites for hydroxylation is 1. The SMILES string of the molecule is CCc1ccc(N[C@H]2NC(=O)/C(=C/c3cn(Cc4ccc([N+](=O)[O-])cc4)c4ccccc34)S2)cc1. The molecule has 176 valence electrons. The maximum absolute atomic E-state index is 12.7. The van der Waals surface area contributed by atoms with E-state index in [4.69, 9.17) is 0 Å². The predicted octanol–water partition coefficient (Wildman–Crippen LogP) is 5.76. The van der Waals surface area contributed by atoms with Crippen LogP contribution in [-0.2, 0) is 17.8 Å². The van der Waals surface area contributed by atoms with E-state index in [1.807, 2.05) is 48.7 Å². The van der Waals surface area contributed by atoms with Crippen molar-refractivity contribution in [1.29, 1.82) is 0 Å². The fraction of sp³-hybridized carbons (Fsp3) is 0.148. The molecule has 2 N–H and O–H groups in total. The van der Waals surface area contributed by atoms with Gasteiger partial charge in [-0.3, -0.25) is 14.9 Å². The Kier molecular flexibility index (Phi) is 6.29. The third-order valence-corrected chi connectivity index (χ3v) is 7.03. The van der Waals surface area contributed by atoms with Gasteiger partial charge in [-0.15, -0.1) is 0 Å². The molecule has 1 aliphatic heterocycles. The van der Waals surface area contributed by atoms with E-state index in [9.17, 15) is 14.9 Å². The van der Waals surface area contributed by atoms with Crippen molar-refractivity contribution in [2.24, 2.45) is 0 Å². The zero-order chi connectivity index (χ0) is 24.4. The van der Waals surface area contributed by atoms with Crippen molar-refractivity contribution in [2.75, 3.05) is 5.32 Å². The van der Waals surface area contributed by atoms with E-state index in [1.54, 1.807) is 12.1 Å². The van der Waals surface area contributed by atoms with Crippen molar-refractivity contribution in [1.82, 2.24) is 9.88 Å². The highest BCUT2D eigenvalue weighted by Crippen LogP contribution is 2.33. The molecule has 0 aliphatic carbocycles. The molecule has 0 unspecified atom stereocenters. The van der Waals surface area contributed by atoms with E-state index in [0.717, 1.165) is 34.1 Å². The lowest BCUT2D eigenvalue weighted by atomic mass is 10.1. The fourth-order valence-electron chi connectivity index (χ4n) is 4.14. The summed E-state index contributed by atoms with van der Waals surface area (Å²) in [6.45, 7) is 2.69. The molecule has 0 bridgehead atoms. The van der Waals surface area contributed by atoms with Crippen LogP contribution in [0.1, 0.15) is 23.6 Å². The number of nitrogens with one attached hydrogen (secondary N) is 2. The largest absolute Gasteiger partial charge is 0.357 e. The molecule has 0 radical (unpaired) electrons. The van der Waals surface area contributed by atoms with Crippen molar-refractivity contribution in [3.05, 3.63) is 111 Å². The summed E-state index contributed by atoms with van der Waals surface area (Å²) in [5.41, 5.74) is 5.01. The highest BCUT2D eigenvalue weighted by molar-refractivity contribution is 8.05. The lowest BCUT2D eigenvalue weighted by molar-refractivity contribution is -0.384. The van der Waals surface area contributed by atoms with Crippen LogP contribution in [0.15, 0.2) is 83.9 Å². The number of para-hydroxylation sites is 1. The molecule has 1 atom stereocenters. The Morgan fingerprint density at radius 2 is 1.77 bits per heavy atom. The van der Waals surface area contributed by atoms with Crippen LogP contribution in [0.2, 0.25) is 0 Å². The van der Waals surface area contributed by atoms with Crippen LogP contribution in [0.3, 0.4) is 0 Å². The minimum absolute atomic E-state index is 0.0743. The zero-order valence-electron chi connectivity index (χ0n) is 19.1. The Labute approximate surface area is 207 Å². The summed E-state index contributed by atoms with van der Waals surface area (Å²) in [5.74, 6) is -0.107. The van der Waals surface area contributed by atoms with Gasteiger partial charge in [0, 0.05) is 47.0 Å². The number of anilines is 1. The highest BCUT2D eigenvalue weighted by atomic mass is 32.2. The molecular weight excluding hydrogens is 460 g/mol. The number of nitro benzene ring substituents is 1. The minimum Gasteiger partial charge on any atom is -0.357 e. The summed E-state index contributed by atoms with van der Waals surface area (Å²) in [6.07, 6.45) is 4.94. The fourth-order valence-corrected chi connectivity index (χ4v) is 5.11. The van der Waals surface area contributed by atoms with E-state index < -0.39 is 4.92 Å². The average Bonchev–Trinajstić information content (AvgIpc) is 3.39. The first-order valence-corrected chi connectivity index (χ1v) is 12.2. The van der Waals surface area contributed by atoms with Crippen molar-refractivity contribution in [2.45, 2.75) is 25.4 Å². The van der Waals surface area contributed by atoms with Gasteiger partial charge in [0.25, 0.3) is 11.6 Å². The summed E-state index contributed by atoms with van der Waals surface area (Å²) in [4.78, 5) is 23.9. The van der Waals surface area contributed by atoms with Crippen LogP contribution < -0.4 is 10.6 Å². The molecule has 3 aromatic carbocycles. The highest BCUT2D eigenvalue weighted by Gasteiger charge is 2.27. The number of carbonyl (C=O) groups excluding carboxylic acids is 1. The Balaban J connectivity index is 1.38. The molecule has 1 aromatic heterocycles. The van der Waals surface area contributed by atoms with E-state index in [-0.39, 0.29) is 17.1 Å². The number of amides is 1. The second kappa shape index (κ2) is 9.68. The van der Waals surface area contributed by atoms with Crippen LogP contribution >= 0.6 is 11.8 Å². The molecule has 1 aliphatic rings. The molecule has 2 heterocycles. The van der Waals surface area contributed by atoms with Gasteiger partial charge in [0.05, 0.1) is 9.83 Å². The van der Waals surface area contributed by atoms with Crippen LogP contribution in [-0.4, -0.2) is 20.9 Å². The van der Waals surface area contributed by atoms with Gasteiger partial charge < -0.3 is 15.2 Å². The molecule has 4 aromatic rings. The Morgan fingerprint density at radius 1 is 1.06 bits per heavy atom. The number of rotatable bonds is 7. The quantitative estimate of drug-likeness (QED) is 0.198. The molecule has 1 amide bonds. The summed E-state index contributed by atoms with van der Waals surface area (Å²) < 4.78 is 2.10. The van der Waals surface area contributed by atoms with Gasteiger partial charge in [-0.05, 0) is 41.8 Å². The number of non-ortho nitro benzene ring substituents is 1. The molecular formula is C27H24N4O3S. The normalized spacial score (nSPS) is 16.5. The van der Waals surface area contributed by atoms with Crippen molar-refractivity contribution < 1.29 is 9.72 Å². The summed E-state index contributed by atoms with van der Waals surface area (Å²) in [7, 11) is 0. The molecule has 35 heavy (non-hydrogen) atoms. The third kappa shape index (κ3) is 4.93. The van der Waals surface area contributed by atoms with Gasteiger partial charge in [0.15, 0.2) is 5.50 Å². The van der Waals surface area contributed by atoms with E-state index in [0.29, 0.717) is 11.4 Å². The van der Waals surface area contributed by atoms with Gasteiger partial charge in [0.2, 0.25) is 0 Å². The van der Waals surface area contributed by atoms with Crippen LogP contribution in [0.4, 0.5) is 11.4 Å². The monoisotopic (exact) mass is 484 g/mol. The minimum atomic E-state index is -0.397. The van der Waals surface area contributed by atoms with Crippen LogP contribution in [0.25, 0.3) is 17.0 Å². The standard InChI is InChI=1S/C27H24N4O3S/c1-2-18-7-11-21(12-8-18)28-27-29-26(32)25(35-27)15-20-17-30(24-6-4-3-5-23(20)24)16-19-9-13-22(14-10-19)31(33)34/h3-15,17,27-28H,2,16H2,1H3,(H,29,32)/b25-15-/t27-/m0/s1. The zero-order valence-corrected chi connectivity index (χ0v) is 19.9. The predicted molar refractivity (Wildman–Crippen MR) is 141 cm³/mol. The number of aromatic nitrogens is 1. The molecule has 8 heteroatoms. The van der Waals surface area contributed by atoms with E-state index in [1.165, 1.54) is 29.5 Å². The molecule has 0 spiro atoms. The van der Waals surface area contributed by atoms with E-state index >= 15 is 0 Å². The maximum Gasteiger partial charge on any atom is 0.269 e. The van der Waals surface area contributed by atoms with Crippen LogP contribution in [0, 0.1) is 10.1 Å². The number of benzene rings is 3. The molecule has 1 fully saturated rings. The summed E-state index contributed by atoms with van der Waals surface area (Å²) in [6, 6.07) is 22.8. The summed E-state index contributed by atoms with van der Waals surface area (Å²) >= 11 is 1.46. The molecule has 5 rings (SSSR count). The number of hydrogen-bond acceptors (Lipinski definition) is 5. The molecule has 1 saturated heterocycles. The second-order valence-corrected chi connectivity index (χ2v) is 9.47. The van der Waals surface area contributed by atoms with Gasteiger partial charge in [0.1, 0.15) is 0 Å². The Hall–Kier alpha value is -4.04. The van der Waals surface area contributed by atoms with E-state index in [2.05, 4.69) is 34.3 Å². The van der Waals surface area contributed by atoms with Crippen molar-refractivity contribution in [3.63, 3.8) is 0 Å². The number of nitrogens with zero attached hydrogens (tertiary/aromatic N) is 2. The topological polar surface area (TPSA) is 89.2 Å². The van der Waals surface area contributed by atoms with Gasteiger partial charge in [-0.2, -0.15) is 0 Å².